The lowest BCUT2D eigenvalue weighted by Gasteiger charge is -2.12. The van der Waals surface area contributed by atoms with Crippen molar-refractivity contribution in [1.29, 1.82) is 0 Å². The molecule has 0 bridgehead atoms. The first kappa shape index (κ1) is 14.4. The van der Waals surface area contributed by atoms with Crippen molar-refractivity contribution in [3.63, 3.8) is 0 Å². The van der Waals surface area contributed by atoms with Crippen molar-refractivity contribution in [2.24, 2.45) is 5.92 Å². The van der Waals surface area contributed by atoms with Crippen LogP contribution in [0.4, 0.5) is 5.69 Å². The van der Waals surface area contributed by atoms with Crippen molar-refractivity contribution in [3.8, 4) is 0 Å². The second-order valence-corrected chi connectivity index (χ2v) is 4.91. The van der Waals surface area contributed by atoms with Crippen molar-refractivity contribution in [2.45, 2.75) is 40.0 Å². The Bertz CT molecular complexity index is 417. The molecule has 0 aliphatic heterocycles. The van der Waals surface area contributed by atoms with Crippen molar-refractivity contribution in [1.82, 2.24) is 15.3 Å². The van der Waals surface area contributed by atoms with Crippen LogP contribution in [-0.4, -0.2) is 22.4 Å². The molecule has 0 fully saturated rings. The average Bonchev–Trinajstić information content (AvgIpc) is 2.35. The van der Waals surface area contributed by atoms with E-state index in [0.717, 1.165) is 6.42 Å². The van der Waals surface area contributed by atoms with Gasteiger partial charge in [-0.2, -0.15) is 0 Å². The Balaban J connectivity index is 2.81. The minimum absolute atomic E-state index is 0.173. The van der Waals surface area contributed by atoms with Crippen LogP contribution in [0.3, 0.4) is 0 Å². The van der Waals surface area contributed by atoms with Gasteiger partial charge in [0.2, 0.25) is 0 Å². The third-order valence-corrected chi connectivity index (χ3v) is 2.88. The normalized spacial score (nSPS) is 12.5. The minimum atomic E-state index is -0.225. The molecular formula is C13H22N4O. The van der Waals surface area contributed by atoms with Crippen LogP contribution in [0.2, 0.25) is 0 Å². The van der Waals surface area contributed by atoms with Gasteiger partial charge in [-0.3, -0.25) is 4.79 Å². The molecule has 18 heavy (non-hydrogen) atoms. The predicted molar refractivity (Wildman–Crippen MR) is 72.3 cm³/mol. The predicted octanol–water partition coefficient (Wildman–Crippen LogP) is 1.96. The molecule has 0 saturated carbocycles. The summed E-state index contributed by atoms with van der Waals surface area (Å²) in [4.78, 5) is 20.3. The number of nitrogens with two attached hydrogens (primary N) is 1. The zero-order valence-electron chi connectivity index (χ0n) is 11.5. The van der Waals surface area contributed by atoms with Gasteiger partial charge in [0.1, 0.15) is 5.82 Å². The van der Waals surface area contributed by atoms with Gasteiger partial charge in [-0.1, -0.05) is 34.1 Å². The molecule has 1 unspecified atom stereocenters. The zero-order chi connectivity index (χ0) is 13.7. The molecule has 1 heterocycles. The Labute approximate surface area is 108 Å². The van der Waals surface area contributed by atoms with Gasteiger partial charge in [0.25, 0.3) is 5.91 Å². The number of anilines is 1. The van der Waals surface area contributed by atoms with Crippen molar-refractivity contribution in [2.75, 3.05) is 12.3 Å². The number of hydrogen-bond donors (Lipinski definition) is 2. The standard InChI is InChI=1S/C13H22N4O/c1-5-9(4)6-16-13(18)11-10(14)7-15-12(17-11)8(2)3/h7-9H,5-6,14H2,1-4H3,(H,16,18). The molecule has 0 spiro atoms. The number of nitrogen functional groups attached to an aromatic ring is 1. The highest BCUT2D eigenvalue weighted by atomic mass is 16.1. The quantitative estimate of drug-likeness (QED) is 0.837. The highest BCUT2D eigenvalue weighted by Crippen LogP contribution is 2.13. The van der Waals surface area contributed by atoms with E-state index in [1.165, 1.54) is 6.20 Å². The van der Waals surface area contributed by atoms with Gasteiger partial charge in [-0.15, -0.1) is 0 Å². The summed E-state index contributed by atoms with van der Waals surface area (Å²) in [6.45, 7) is 8.77. The van der Waals surface area contributed by atoms with E-state index in [4.69, 9.17) is 5.73 Å². The third-order valence-electron chi connectivity index (χ3n) is 2.88. The van der Waals surface area contributed by atoms with Crippen LogP contribution in [0.5, 0.6) is 0 Å². The van der Waals surface area contributed by atoms with E-state index in [2.05, 4.69) is 29.1 Å². The Hall–Kier alpha value is -1.65. The molecule has 0 aliphatic carbocycles. The van der Waals surface area contributed by atoms with E-state index in [1.54, 1.807) is 0 Å². The fourth-order valence-electron chi connectivity index (χ4n) is 1.36. The average molecular weight is 250 g/mol. The number of carbonyl (C=O) groups is 1. The Morgan fingerprint density at radius 3 is 2.67 bits per heavy atom. The SMILES string of the molecule is CCC(C)CNC(=O)c1nc(C(C)C)ncc1N. The smallest absolute Gasteiger partial charge is 0.272 e. The largest absolute Gasteiger partial charge is 0.396 e. The van der Waals surface area contributed by atoms with E-state index < -0.39 is 0 Å². The third kappa shape index (κ3) is 3.68. The Kier molecular flexibility index (Phi) is 5.07. The fraction of sp³-hybridized carbons (Fsp3) is 0.615. The zero-order valence-corrected chi connectivity index (χ0v) is 11.5. The molecule has 0 radical (unpaired) electrons. The number of nitrogens with one attached hydrogen (secondary N) is 1. The number of hydrogen-bond acceptors (Lipinski definition) is 4. The Morgan fingerprint density at radius 2 is 2.11 bits per heavy atom. The number of nitrogens with zero attached hydrogens (tertiary/aromatic N) is 2. The van der Waals surface area contributed by atoms with Gasteiger partial charge in [-0.25, -0.2) is 9.97 Å². The van der Waals surface area contributed by atoms with E-state index in [-0.39, 0.29) is 17.5 Å². The maximum absolute atomic E-state index is 12.0. The molecule has 5 heteroatoms. The molecule has 1 atom stereocenters. The molecular weight excluding hydrogens is 228 g/mol. The summed E-state index contributed by atoms with van der Waals surface area (Å²) in [5.41, 5.74) is 6.34. The van der Waals surface area contributed by atoms with Gasteiger partial charge >= 0.3 is 0 Å². The molecule has 1 aromatic rings. The fourth-order valence-corrected chi connectivity index (χ4v) is 1.36. The molecule has 5 nitrogen and oxygen atoms in total. The Morgan fingerprint density at radius 1 is 1.44 bits per heavy atom. The monoisotopic (exact) mass is 250 g/mol. The van der Waals surface area contributed by atoms with E-state index in [0.29, 0.717) is 24.0 Å². The van der Waals surface area contributed by atoms with E-state index >= 15 is 0 Å². The minimum Gasteiger partial charge on any atom is -0.396 e. The molecule has 100 valence electrons. The summed E-state index contributed by atoms with van der Waals surface area (Å²) in [7, 11) is 0. The molecule has 3 N–H and O–H groups in total. The van der Waals surface area contributed by atoms with Gasteiger partial charge < -0.3 is 11.1 Å². The summed E-state index contributed by atoms with van der Waals surface area (Å²) >= 11 is 0. The maximum Gasteiger partial charge on any atom is 0.272 e. The second kappa shape index (κ2) is 6.33. The topological polar surface area (TPSA) is 80.9 Å². The van der Waals surface area contributed by atoms with Gasteiger partial charge in [-0.05, 0) is 5.92 Å². The van der Waals surface area contributed by atoms with Gasteiger partial charge in [0.05, 0.1) is 11.9 Å². The molecule has 1 amide bonds. The van der Waals surface area contributed by atoms with Gasteiger partial charge in [0, 0.05) is 12.5 Å². The van der Waals surface area contributed by atoms with Crippen LogP contribution in [0.25, 0.3) is 0 Å². The first-order chi connectivity index (χ1) is 8.45. The van der Waals surface area contributed by atoms with E-state index in [9.17, 15) is 4.79 Å². The van der Waals surface area contributed by atoms with Crippen LogP contribution in [-0.2, 0) is 0 Å². The molecule has 0 aromatic carbocycles. The van der Waals surface area contributed by atoms with Crippen molar-refractivity contribution in [3.05, 3.63) is 17.7 Å². The molecule has 1 rings (SSSR count). The van der Waals surface area contributed by atoms with Crippen LogP contribution in [0.1, 0.15) is 56.3 Å². The number of aromatic nitrogens is 2. The number of amides is 1. The highest BCUT2D eigenvalue weighted by Gasteiger charge is 2.15. The second-order valence-electron chi connectivity index (χ2n) is 4.91. The van der Waals surface area contributed by atoms with Gasteiger partial charge in [0.15, 0.2) is 5.69 Å². The summed E-state index contributed by atoms with van der Waals surface area (Å²) in [5.74, 6) is 1.03. The lowest BCUT2D eigenvalue weighted by atomic mass is 10.1. The molecule has 0 saturated heterocycles. The lowest BCUT2D eigenvalue weighted by Crippen LogP contribution is -2.30. The molecule has 0 aliphatic rings. The summed E-state index contributed by atoms with van der Waals surface area (Å²) in [5, 5.41) is 2.85. The molecule has 1 aromatic heterocycles. The van der Waals surface area contributed by atoms with Crippen molar-refractivity contribution >= 4 is 11.6 Å². The van der Waals surface area contributed by atoms with Crippen LogP contribution in [0, 0.1) is 5.92 Å². The summed E-state index contributed by atoms with van der Waals surface area (Å²) in [6.07, 6.45) is 2.53. The summed E-state index contributed by atoms with van der Waals surface area (Å²) in [6, 6.07) is 0. The number of carbonyl (C=O) groups excluding carboxylic acids is 1. The summed E-state index contributed by atoms with van der Waals surface area (Å²) < 4.78 is 0. The first-order valence-electron chi connectivity index (χ1n) is 6.36. The lowest BCUT2D eigenvalue weighted by molar-refractivity contribution is 0.0943. The van der Waals surface area contributed by atoms with Crippen LogP contribution >= 0.6 is 0 Å². The van der Waals surface area contributed by atoms with Crippen LogP contribution < -0.4 is 11.1 Å². The number of rotatable bonds is 5. The van der Waals surface area contributed by atoms with E-state index in [1.807, 2.05) is 13.8 Å². The van der Waals surface area contributed by atoms with Crippen LogP contribution in [0.15, 0.2) is 6.20 Å². The first-order valence-corrected chi connectivity index (χ1v) is 6.36. The maximum atomic E-state index is 12.0. The highest BCUT2D eigenvalue weighted by molar-refractivity contribution is 5.96. The van der Waals surface area contributed by atoms with Crippen molar-refractivity contribution < 1.29 is 4.79 Å².